The average molecular weight is 236 g/mol. The van der Waals surface area contributed by atoms with E-state index in [1.165, 1.54) is 18.4 Å². The summed E-state index contributed by atoms with van der Waals surface area (Å²) in [5.74, 6) is 0.560. The number of hydrogen-bond acceptors (Lipinski definition) is 2. The lowest BCUT2D eigenvalue weighted by Gasteiger charge is -2.23. The Hall–Kier alpha value is -1.09. The molecule has 0 aliphatic carbocycles. The minimum Gasteiger partial charge on any atom is -0.375 e. The molecular weight excluding hydrogens is 215 g/mol. The van der Waals surface area contributed by atoms with E-state index in [0.29, 0.717) is 11.6 Å². The van der Waals surface area contributed by atoms with Crippen molar-refractivity contribution in [3.63, 3.8) is 0 Å². The van der Waals surface area contributed by atoms with Gasteiger partial charge in [0.25, 0.3) is 0 Å². The van der Waals surface area contributed by atoms with Crippen molar-refractivity contribution in [3.05, 3.63) is 29.6 Å². The molecule has 1 N–H and O–H groups in total. The van der Waals surface area contributed by atoms with Gasteiger partial charge in [0, 0.05) is 14.1 Å². The van der Waals surface area contributed by atoms with Crippen LogP contribution < -0.4 is 10.2 Å². The van der Waals surface area contributed by atoms with Crippen LogP contribution in [0.15, 0.2) is 18.2 Å². The normalized spacial score (nSPS) is 20.3. The Labute approximate surface area is 103 Å². The maximum atomic E-state index is 13.5. The third kappa shape index (κ3) is 3.19. The van der Waals surface area contributed by atoms with E-state index in [4.69, 9.17) is 0 Å². The van der Waals surface area contributed by atoms with Crippen LogP contribution >= 0.6 is 0 Å². The molecule has 0 spiro atoms. The standard InChI is InChI=1S/C14H21FN2/c1-17(2)14-9-11(5-6-13(14)15)8-12-4-3-7-16-10-12/h5-6,9,12,16H,3-4,7-8,10H2,1-2H3. The molecule has 0 amide bonds. The van der Waals surface area contributed by atoms with Crippen LogP contribution in [0.2, 0.25) is 0 Å². The van der Waals surface area contributed by atoms with Crippen LogP contribution in [0.5, 0.6) is 0 Å². The minimum absolute atomic E-state index is 0.138. The first-order chi connectivity index (χ1) is 8.16. The molecule has 94 valence electrons. The summed E-state index contributed by atoms with van der Waals surface area (Å²) in [5, 5.41) is 3.42. The van der Waals surface area contributed by atoms with Gasteiger partial charge in [0.05, 0.1) is 5.69 Å². The Morgan fingerprint density at radius 3 is 2.88 bits per heavy atom. The number of anilines is 1. The van der Waals surface area contributed by atoms with Crippen molar-refractivity contribution in [1.82, 2.24) is 5.32 Å². The number of hydrogen-bond donors (Lipinski definition) is 1. The largest absolute Gasteiger partial charge is 0.375 e. The van der Waals surface area contributed by atoms with Gasteiger partial charge < -0.3 is 10.2 Å². The van der Waals surface area contributed by atoms with Gasteiger partial charge in [0.15, 0.2) is 0 Å². The zero-order chi connectivity index (χ0) is 12.3. The summed E-state index contributed by atoms with van der Waals surface area (Å²) in [6.45, 7) is 2.23. The Kier molecular flexibility index (Phi) is 4.00. The highest BCUT2D eigenvalue weighted by molar-refractivity contribution is 5.48. The molecule has 1 heterocycles. The van der Waals surface area contributed by atoms with E-state index in [9.17, 15) is 4.39 Å². The Balaban J connectivity index is 2.07. The van der Waals surface area contributed by atoms with Gasteiger partial charge in [-0.25, -0.2) is 4.39 Å². The summed E-state index contributed by atoms with van der Waals surface area (Å²) in [6, 6.07) is 5.47. The first-order valence-corrected chi connectivity index (χ1v) is 6.33. The second-order valence-electron chi connectivity index (χ2n) is 5.10. The topological polar surface area (TPSA) is 15.3 Å². The molecule has 1 atom stereocenters. The minimum atomic E-state index is -0.138. The molecule has 2 rings (SSSR count). The van der Waals surface area contributed by atoms with Crippen LogP contribution in [0.3, 0.4) is 0 Å². The van der Waals surface area contributed by atoms with E-state index in [-0.39, 0.29) is 5.82 Å². The van der Waals surface area contributed by atoms with Crippen LogP contribution in [0.4, 0.5) is 10.1 Å². The number of benzene rings is 1. The van der Waals surface area contributed by atoms with Crippen LogP contribution in [0.25, 0.3) is 0 Å². The molecule has 0 aromatic heterocycles. The SMILES string of the molecule is CN(C)c1cc(CC2CCCNC2)ccc1F. The van der Waals surface area contributed by atoms with Crippen LogP contribution in [0, 0.1) is 11.7 Å². The molecule has 1 saturated heterocycles. The zero-order valence-electron chi connectivity index (χ0n) is 10.7. The fourth-order valence-corrected chi connectivity index (χ4v) is 2.46. The Morgan fingerprint density at radius 1 is 1.41 bits per heavy atom. The number of nitrogens with zero attached hydrogens (tertiary/aromatic N) is 1. The van der Waals surface area contributed by atoms with Crippen molar-refractivity contribution in [2.75, 3.05) is 32.1 Å². The maximum Gasteiger partial charge on any atom is 0.146 e. The number of halogens is 1. The number of nitrogens with one attached hydrogen (secondary N) is 1. The Bertz CT molecular complexity index is 370. The molecule has 1 aliphatic heterocycles. The molecule has 3 heteroatoms. The number of rotatable bonds is 3. The fourth-order valence-electron chi connectivity index (χ4n) is 2.46. The molecule has 0 saturated carbocycles. The Morgan fingerprint density at radius 2 is 2.24 bits per heavy atom. The molecule has 0 radical (unpaired) electrons. The number of piperidine rings is 1. The van der Waals surface area contributed by atoms with Gasteiger partial charge in [-0.3, -0.25) is 0 Å². The second kappa shape index (κ2) is 5.50. The van der Waals surface area contributed by atoms with E-state index in [0.717, 1.165) is 19.5 Å². The zero-order valence-corrected chi connectivity index (χ0v) is 10.7. The van der Waals surface area contributed by atoms with E-state index in [1.54, 1.807) is 6.07 Å². The summed E-state index contributed by atoms with van der Waals surface area (Å²) in [6.07, 6.45) is 3.59. The summed E-state index contributed by atoms with van der Waals surface area (Å²) in [5.41, 5.74) is 1.93. The van der Waals surface area contributed by atoms with Crippen molar-refractivity contribution < 1.29 is 4.39 Å². The van der Waals surface area contributed by atoms with Crippen molar-refractivity contribution in [2.45, 2.75) is 19.3 Å². The lowest BCUT2D eigenvalue weighted by Crippen LogP contribution is -2.30. The van der Waals surface area contributed by atoms with E-state index in [1.807, 2.05) is 31.1 Å². The second-order valence-corrected chi connectivity index (χ2v) is 5.10. The van der Waals surface area contributed by atoms with Crippen molar-refractivity contribution >= 4 is 5.69 Å². The van der Waals surface area contributed by atoms with Crippen LogP contribution in [-0.4, -0.2) is 27.2 Å². The lowest BCUT2D eigenvalue weighted by molar-refractivity contribution is 0.376. The molecule has 1 unspecified atom stereocenters. The highest BCUT2D eigenvalue weighted by Gasteiger charge is 2.14. The molecule has 1 aromatic carbocycles. The van der Waals surface area contributed by atoms with Crippen molar-refractivity contribution in [2.24, 2.45) is 5.92 Å². The highest BCUT2D eigenvalue weighted by atomic mass is 19.1. The molecule has 2 nitrogen and oxygen atoms in total. The highest BCUT2D eigenvalue weighted by Crippen LogP contribution is 2.22. The molecule has 17 heavy (non-hydrogen) atoms. The van der Waals surface area contributed by atoms with Crippen molar-refractivity contribution in [1.29, 1.82) is 0 Å². The predicted molar refractivity (Wildman–Crippen MR) is 70.0 cm³/mol. The summed E-state index contributed by atoms with van der Waals surface area (Å²) in [7, 11) is 3.76. The van der Waals surface area contributed by atoms with E-state index >= 15 is 0 Å². The fraction of sp³-hybridized carbons (Fsp3) is 0.571. The predicted octanol–water partition coefficient (Wildman–Crippen LogP) is 2.43. The van der Waals surface area contributed by atoms with E-state index in [2.05, 4.69) is 5.32 Å². The van der Waals surface area contributed by atoms with Gasteiger partial charge in [0.2, 0.25) is 0 Å². The molecule has 1 aliphatic rings. The first kappa shape index (κ1) is 12.4. The van der Waals surface area contributed by atoms with Gasteiger partial charge in [-0.2, -0.15) is 0 Å². The van der Waals surface area contributed by atoms with Crippen LogP contribution in [0.1, 0.15) is 18.4 Å². The van der Waals surface area contributed by atoms with Gasteiger partial charge in [0.1, 0.15) is 5.82 Å². The van der Waals surface area contributed by atoms with Gasteiger partial charge >= 0.3 is 0 Å². The third-order valence-electron chi connectivity index (χ3n) is 3.42. The molecule has 1 aromatic rings. The first-order valence-electron chi connectivity index (χ1n) is 6.33. The third-order valence-corrected chi connectivity index (χ3v) is 3.42. The summed E-state index contributed by atoms with van der Waals surface area (Å²) < 4.78 is 13.5. The summed E-state index contributed by atoms with van der Waals surface area (Å²) >= 11 is 0. The molecule has 1 fully saturated rings. The van der Waals surface area contributed by atoms with Crippen molar-refractivity contribution in [3.8, 4) is 0 Å². The quantitative estimate of drug-likeness (QED) is 0.867. The van der Waals surface area contributed by atoms with Crippen LogP contribution in [-0.2, 0) is 6.42 Å². The average Bonchev–Trinajstić information content (AvgIpc) is 2.32. The monoisotopic (exact) mass is 236 g/mol. The smallest absolute Gasteiger partial charge is 0.146 e. The lowest BCUT2D eigenvalue weighted by atomic mass is 9.92. The van der Waals surface area contributed by atoms with E-state index < -0.39 is 0 Å². The maximum absolute atomic E-state index is 13.5. The molecular formula is C14H21FN2. The van der Waals surface area contributed by atoms with Gasteiger partial charge in [-0.15, -0.1) is 0 Å². The van der Waals surface area contributed by atoms with Gasteiger partial charge in [-0.1, -0.05) is 6.07 Å². The summed E-state index contributed by atoms with van der Waals surface area (Å²) in [4.78, 5) is 1.83. The molecule has 0 bridgehead atoms. The van der Waals surface area contributed by atoms with Gasteiger partial charge in [-0.05, 0) is 56.0 Å².